The van der Waals surface area contributed by atoms with Crippen molar-refractivity contribution in [1.29, 1.82) is 0 Å². The van der Waals surface area contributed by atoms with E-state index in [4.69, 9.17) is 5.11 Å². The molecule has 0 aliphatic rings. The van der Waals surface area contributed by atoms with Gasteiger partial charge >= 0.3 is 0 Å². The van der Waals surface area contributed by atoms with Crippen LogP contribution >= 0.6 is 0 Å². The van der Waals surface area contributed by atoms with E-state index in [9.17, 15) is 4.79 Å². The molecule has 0 radical (unpaired) electrons. The van der Waals surface area contributed by atoms with Gasteiger partial charge in [0.2, 0.25) is 0 Å². The fourth-order valence-corrected chi connectivity index (χ4v) is 1.18. The van der Waals surface area contributed by atoms with Gasteiger partial charge in [0.05, 0.1) is 0 Å². The number of carbonyl (C=O) groups excluding carboxylic acids is 1. The maximum absolute atomic E-state index is 10.2. The Morgan fingerprint density at radius 1 is 1.17 bits per heavy atom. The van der Waals surface area contributed by atoms with Gasteiger partial charge in [-0.05, 0) is 12.8 Å². The summed E-state index contributed by atoms with van der Waals surface area (Å²) in [5.74, 6) is 0.225. The van der Waals surface area contributed by atoms with Crippen molar-refractivity contribution in [3.05, 3.63) is 0 Å². The third-order valence-electron chi connectivity index (χ3n) is 2.05. The summed E-state index contributed by atoms with van der Waals surface area (Å²) < 4.78 is 0. The first-order valence-corrected chi connectivity index (χ1v) is 4.87. The summed E-state index contributed by atoms with van der Waals surface area (Å²) in [7, 11) is 0. The van der Waals surface area contributed by atoms with Gasteiger partial charge in [0.15, 0.2) is 0 Å². The lowest BCUT2D eigenvalue weighted by Gasteiger charge is -2.02. The van der Waals surface area contributed by atoms with E-state index in [1.54, 1.807) is 0 Å². The molecule has 2 heteroatoms. The monoisotopic (exact) mass is 172 g/mol. The zero-order valence-electron chi connectivity index (χ0n) is 7.96. The molecule has 0 aliphatic heterocycles. The van der Waals surface area contributed by atoms with Crippen LogP contribution in [0.1, 0.15) is 45.4 Å². The van der Waals surface area contributed by atoms with Gasteiger partial charge in [-0.3, -0.25) is 0 Å². The largest absolute Gasteiger partial charge is 0.396 e. The van der Waals surface area contributed by atoms with Crippen LogP contribution in [-0.4, -0.2) is 18.0 Å². The SMILES string of the molecule is CC(C=O)CCCCCCCO. The van der Waals surface area contributed by atoms with Crippen molar-refractivity contribution in [3.63, 3.8) is 0 Å². The second kappa shape index (κ2) is 8.72. The van der Waals surface area contributed by atoms with Crippen LogP contribution in [0.5, 0.6) is 0 Å². The van der Waals surface area contributed by atoms with Gasteiger partial charge in [-0.15, -0.1) is 0 Å². The molecule has 2 nitrogen and oxygen atoms in total. The zero-order chi connectivity index (χ0) is 9.23. The minimum atomic E-state index is 0.225. The number of hydrogen-bond donors (Lipinski definition) is 1. The Bertz CT molecular complexity index is 102. The quantitative estimate of drug-likeness (QED) is 0.450. The first kappa shape index (κ1) is 11.6. The number of unbranched alkanes of at least 4 members (excludes halogenated alkanes) is 4. The molecule has 0 aliphatic carbocycles. The van der Waals surface area contributed by atoms with E-state index in [0.717, 1.165) is 32.0 Å². The highest BCUT2D eigenvalue weighted by Crippen LogP contribution is 2.09. The lowest BCUT2D eigenvalue weighted by Crippen LogP contribution is -1.94. The summed E-state index contributed by atoms with van der Waals surface area (Å²) in [5.41, 5.74) is 0. The average Bonchev–Trinajstić information content (AvgIpc) is 2.10. The van der Waals surface area contributed by atoms with Crippen molar-refractivity contribution in [3.8, 4) is 0 Å². The van der Waals surface area contributed by atoms with Crippen molar-refractivity contribution >= 4 is 6.29 Å². The van der Waals surface area contributed by atoms with E-state index >= 15 is 0 Å². The average molecular weight is 172 g/mol. The molecule has 0 saturated carbocycles. The number of rotatable bonds is 8. The third kappa shape index (κ3) is 7.73. The van der Waals surface area contributed by atoms with E-state index in [0.29, 0.717) is 6.61 Å². The predicted molar refractivity (Wildman–Crippen MR) is 50.0 cm³/mol. The number of aliphatic hydroxyl groups excluding tert-OH is 1. The van der Waals surface area contributed by atoms with Gasteiger partial charge in [-0.2, -0.15) is 0 Å². The highest BCUT2D eigenvalue weighted by molar-refractivity contribution is 5.52. The number of carbonyl (C=O) groups is 1. The van der Waals surface area contributed by atoms with Crippen LogP contribution in [0.15, 0.2) is 0 Å². The second-order valence-electron chi connectivity index (χ2n) is 3.39. The van der Waals surface area contributed by atoms with Crippen LogP contribution in [0, 0.1) is 5.92 Å². The number of aliphatic hydroxyl groups is 1. The minimum Gasteiger partial charge on any atom is -0.396 e. The molecular weight excluding hydrogens is 152 g/mol. The lowest BCUT2D eigenvalue weighted by atomic mass is 10.0. The molecule has 0 fully saturated rings. The molecule has 0 saturated heterocycles. The van der Waals surface area contributed by atoms with Crippen molar-refractivity contribution in [2.75, 3.05) is 6.61 Å². The Labute approximate surface area is 75.0 Å². The predicted octanol–water partition coefficient (Wildman–Crippen LogP) is 2.15. The van der Waals surface area contributed by atoms with Gasteiger partial charge in [-0.25, -0.2) is 0 Å². The molecule has 0 aromatic rings. The first-order chi connectivity index (χ1) is 5.81. The van der Waals surface area contributed by atoms with Crippen LogP contribution in [0.4, 0.5) is 0 Å². The van der Waals surface area contributed by atoms with Crippen LogP contribution in [0.2, 0.25) is 0 Å². The molecular formula is C10H20O2. The molecule has 0 amide bonds. The van der Waals surface area contributed by atoms with E-state index in [1.165, 1.54) is 12.8 Å². The maximum atomic E-state index is 10.2. The molecule has 1 atom stereocenters. The van der Waals surface area contributed by atoms with Gasteiger partial charge in [0.1, 0.15) is 6.29 Å². The van der Waals surface area contributed by atoms with Crippen LogP contribution in [-0.2, 0) is 4.79 Å². The Hall–Kier alpha value is -0.370. The smallest absolute Gasteiger partial charge is 0.122 e. The maximum Gasteiger partial charge on any atom is 0.122 e. The Morgan fingerprint density at radius 3 is 2.33 bits per heavy atom. The Balaban J connectivity index is 2.95. The zero-order valence-corrected chi connectivity index (χ0v) is 7.96. The summed E-state index contributed by atoms with van der Waals surface area (Å²) in [6, 6.07) is 0. The topological polar surface area (TPSA) is 37.3 Å². The summed E-state index contributed by atoms with van der Waals surface area (Å²) in [5, 5.41) is 8.50. The van der Waals surface area contributed by atoms with E-state index < -0.39 is 0 Å². The van der Waals surface area contributed by atoms with Gasteiger partial charge in [0.25, 0.3) is 0 Å². The summed E-state index contributed by atoms with van der Waals surface area (Å²) in [6.07, 6.45) is 7.60. The molecule has 0 aromatic carbocycles. The van der Waals surface area contributed by atoms with Gasteiger partial charge in [0, 0.05) is 12.5 Å². The standard InChI is InChI=1S/C10H20O2/c1-10(9-12)7-5-3-2-4-6-8-11/h9-11H,2-8H2,1H3. The Morgan fingerprint density at radius 2 is 1.75 bits per heavy atom. The minimum absolute atomic E-state index is 0.225. The van der Waals surface area contributed by atoms with Crippen LogP contribution in [0.3, 0.4) is 0 Å². The highest BCUT2D eigenvalue weighted by atomic mass is 16.2. The molecule has 1 N–H and O–H groups in total. The number of aldehydes is 1. The van der Waals surface area contributed by atoms with E-state index in [-0.39, 0.29) is 5.92 Å². The normalized spacial score (nSPS) is 12.8. The van der Waals surface area contributed by atoms with Crippen LogP contribution < -0.4 is 0 Å². The molecule has 0 aromatic heterocycles. The molecule has 72 valence electrons. The molecule has 0 heterocycles. The second-order valence-corrected chi connectivity index (χ2v) is 3.39. The molecule has 0 rings (SSSR count). The first-order valence-electron chi connectivity index (χ1n) is 4.87. The highest BCUT2D eigenvalue weighted by Gasteiger charge is 1.98. The lowest BCUT2D eigenvalue weighted by molar-refractivity contribution is -0.110. The summed E-state index contributed by atoms with van der Waals surface area (Å²) in [6.45, 7) is 2.27. The molecule has 0 bridgehead atoms. The molecule has 1 unspecified atom stereocenters. The van der Waals surface area contributed by atoms with Crippen LogP contribution in [0.25, 0.3) is 0 Å². The van der Waals surface area contributed by atoms with Gasteiger partial charge in [-0.1, -0.05) is 32.6 Å². The third-order valence-corrected chi connectivity index (χ3v) is 2.05. The molecule has 12 heavy (non-hydrogen) atoms. The van der Waals surface area contributed by atoms with Crippen molar-refractivity contribution in [2.45, 2.75) is 45.4 Å². The van der Waals surface area contributed by atoms with Crippen molar-refractivity contribution in [1.82, 2.24) is 0 Å². The fourth-order valence-electron chi connectivity index (χ4n) is 1.18. The fraction of sp³-hybridized carbons (Fsp3) is 0.900. The van der Waals surface area contributed by atoms with Crippen molar-refractivity contribution in [2.24, 2.45) is 5.92 Å². The summed E-state index contributed by atoms with van der Waals surface area (Å²) >= 11 is 0. The Kier molecular flexibility index (Phi) is 8.46. The summed E-state index contributed by atoms with van der Waals surface area (Å²) in [4.78, 5) is 10.2. The molecule has 0 spiro atoms. The van der Waals surface area contributed by atoms with E-state index in [1.807, 2.05) is 6.92 Å². The van der Waals surface area contributed by atoms with E-state index in [2.05, 4.69) is 0 Å². The van der Waals surface area contributed by atoms with Gasteiger partial charge < -0.3 is 9.90 Å². The number of hydrogen-bond acceptors (Lipinski definition) is 2. The van der Waals surface area contributed by atoms with Crippen molar-refractivity contribution < 1.29 is 9.90 Å².